The van der Waals surface area contributed by atoms with Crippen molar-refractivity contribution < 1.29 is 9.31 Å². The van der Waals surface area contributed by atoms with Gasteiger partial charge < -0.3 is 20.0 Å². The van der Waals surface area contributed by atoms with Crippen LogP contribution in [0.25, 0.3) is 0 Å². The van der Waals surface area contributed by atoms with Crippen molar-refractivity contribution in [1.29, 1.82) is 5.41 Å². The Balaban J connectivity index is 2.32. The Morgan fingerprint density at radius 1 is 1.26 bits per heavy atom. The summed E-state index contributed by atoms with van der Waals surface area (Å²) < 4.78 is 11.9. The van der Waals surface area contributed by atoms with Crippen molar-refractivity contribution in [3.63, 3.8) is 0 Å². The number of rotatable bonds is 3. The molecule has 1 aliphatic heterocycles. The van der Waals surface area contributed by atoms with E-state index in [1.54, 1.807) is 13.2 Å². The summed E-state index contributed by atoms with van der Waals surface area (Å²) in [5.41, 5.74) is 0.805. The fourth-order valence-corrected chi connectivity index (χ4v) is 1.93. The molecule has 0 saturated carbocycles. The molecule has 1 aliphatic rings. The van der Waals surface area contributed by atoms with Gasteiger partial charge in [0.2, 0.25) is 0 Å². The van der Waals surface area contributed by atoms with Gasteiger partial charge in [0.05, 0.1) is 11.2 Å². The third-order valence-electron chi connectivity index (χ3n) is 3.86. The predicted octanol–water partition coefficient (Wildman–Crippen LogP) is 1.42. The number of nitrogens with one attached hydrogen (secondary N) is 2. The molecule has 1 aromatic rings. The Labute approximate surface area is 114 Å². The Bertz CT molecular complexity index is 487. The molecule has 2 rings (SSSR count). The first-order valence-electron chi connectivity index (χ1n) is 6.34. The van der Waals surface area contributed by atoms with Crippen molar-refractivity contribution in [3.05, 3.63) is 17.8 Å². The minimum atomic E-state index is -0.442. The quantitative estimate of drug-likeness (QED) is 0.638. The van der Waals surface area contributed by atoms with Crippen LogP contribution in [0.2, 0.25) is 0 Å². The van der Waals surface area contributed by atoms with Crippen molar-refractivity contribution in [1.82, 2.24) is 4.98 Å². The SMILES string of the molecule is CNc1ncc(B2OC(C)(C)C(C)(C)O2)cc1C=N. The van der Waals surface area contributed by atoms with Gasteiger partial charge in [-0.15, -0.1) is 0 Å². The molecule has 5 nitrogen and oxygen atoms in total. The zero-order chi connectivity index (χ0) is 14.3. The second-order valence-electron chi connectivity index (χ2n) is 5.69. The van der Waals surface area contributed by atoms with E-state index in [9.17, 15) is 0 Å². The smallest absolute Gasteiger partial charge is 0.399 e. The van der Waals surface area contributed by atoms with Gasteiger partial charge in [0.15, 0.2) is 0 Å². The monoisotopic (exact) mass is 261 g/mol. The molecule has 0 amide bonds. The second kappa shape index (κ2) is 4.61. The van der Waals surface area contributed by atoms with E-state index in [2.05, 4.69) is 10.3 Å². The number of pyridine rings is 1. The lowest BCUT2D eigenvalue weighted by Gasteiger charge is -2.32. The van der Waals surface area contributed by atoms with E-state index in [1.807, 2.05) is 33.8 Å². The molecule has 2 N–H and O–H groups in total. The van der Waals surface area contributed by atoms with Crippen molar-refractivity contribution in [3.8, 4) is 0 Å². The molecular weight excluding hydrogens is 241 g/mol. The van der Waals surface area contributed by atoms with Gasteiger partial charge in [-0.1, -0.05) is 0 Å². The Kier molecular flexibility index (Phi) is 3.41. The van der Waals surface area contributed by atoms with Crippen LogP contribution in [0.3, 0.4) is 0 Å². The van der Waals surface area contributed by atoms with Crippen molar-refractivity contribution in [2.75, 3.05) is 12.4 Å². The second-order valence-corrected chi connectivity index (χ2v) is 5.69. The molecule has 0 radical (unpaired) electrons. The summed E-state index contributed by atoms with van der Waals surface area (Å²) in [7, 11) is 1.34. The van der Waals surface area contributed by atoms with E-state index in [0.717, 1.165) is 11.0 Å². The molecule has 19 heavy (non-hydrogen) atoms. The van der Waals surface area contributed by atoms with E-state index in [0.29, 0.717) is 5.82 Å². The van der Waals surface area contributed by atoms with E-state index < -0.39 is 7.12 Å². The summed E-state index contributed by atoms with van der Waals surface area (Å²) in [6.45, 7) is 8.06. The molecule has 2 heterocycles. The molecule has 0 bridgehead atoms. The van der Waals surface area contributed by atoms with Gasteiger partial charge in [-0.3, -0.25) is 0 Å². The van der Waals surface area contributed by atoms with Crippen LogP contribution >= 0.6 is 0 Å². The maximum Gasteiger partial charge on any atom is 0.496 e. The summed E-state index contributed by atoms with van der Waals surface area (Å²) in [4.78, 5) is 4.29. The highest BCUT2D eigenvalue weighted by Crippen LogP contribution is 2.36. The van der Waals surface area contributed by atoms with Crippen LogP contribution < -0.4 is 10.8 Å². The molecule has 1 aromatic heterocycles. The minimum absolute atomic E-state index is 0.371. The van der Waals surface area contributed by atoms with Crippen molar-refractivity contribution in [2.45, 2.75) is 38.9 Å². The van der Waals surface area contributed by atoms with E-state index in [-0.39, 0.29) is 11.2 Å². The number of anilines is 1. The van der Waals surface area contributed by atoms with Gasteiger partial charge in [-0.05, 0) is 33.8 Å². The first kappa shape index (κ1) is 14.0. The zero-order valence-electron chi connectivity index (χ0n) is 12.1. The normalized spacial score (nSPS) is 20.4. The average molecular weight is 261 g/mol. The van der Waals surface area contributed by atoms with Crippen LogP contribution in [0.15, 0.2) is 12.3 Å². The number of nitrogens with zero attached hydrogens (tertiary/aromatic N) is 1. The summed E-state index contributed by atoms with van der Waals surface area (Å²) in [6.07, 6.45) is 2.99. The zero-order valence-corrected chi connectivity index (χ0v) is 12.1. The molecule has 0 spiro atoms. The molecular formula is C13H20BN3O2. The standard InChI is InChI=1S/C13H20BN3O2/c1-12(2)13(3,4)19-14(18-12)10-6-9(7-15)11(16-5)17-8-10/h6-8,15H,1-5H3,(H,16,17). The number of hydrogen-bond donors (Lipinski definition) is 2. The Morgan fingerprint density at radius 2 is 1.84 bits per heavy atom. The van der Waals surface area contributed by atoms with Crippen molar-refractivity contribution in [2.24, 2.45) is 0 Å². The third kappa shape index (κ3) is 2.38. The van der Waals surface area contributed by atoms with Gasteiger partial charge in [0, 0.05) is 30.5 Å². The van der Waals surface area contributed by atoms with E-state index in [1.165, 1.54) is 6.21 Å². The van der Waals surface area contributed by atoms with Crippen LogP contribution in [-0.4, -0.2) is 36.6 Å². The van der Waals surface area contributed by atoms with Gasteiger partial charge >= 0.3 is 7.12 Å². The molecule has 0 unspecified atom stereocenters. The third-order valence-corrected chi connectivity index (χ3v) is 3.86. The first-order valence-corrected chi connectivity index (χ1v) is 6.34. The summed E-state index contributed by atoms with van der Waals surface area (Å²) in [5.74, 6) is 0.676. The van der Waals surface area contributed by atoms with Crippen LogP contribution in [0.5, 0.6) is 0 Å². The van der Waals surface area contributed by atoms with Crippen LogP contribution in [0.1, 0.15) is 33.3 Å². The summed E-state index contributed by atoms with van der Waals surface area (Å²) in [5, 5.41) is 10.4. The molecule has 0 aromatic carbocycles. The number of hydrogen-bond acceptors (Lipinski definition) is 5. The molecule has 102 valence electrons. The highest BCUT2D eigenvalue weighted by Gasteiger charge is 2.51. The largest absolute Gasteiger partial charge is 0.496 e. The van der Waals surface area contributed by atoms with Crippen LogP contribution in [-0.2, 0) is 9.31 Å². The summed E-state index contributed by atoms with van der Waals surface area (Å²) in [6, 6.07) is 1.87. The Morgan fingerprint density at radius 3 is 2.32 bits per heavy atom. The van der Waals surface area contributed by atoms with E-state index >= 15 is 0 Å². The van der Waals surface area contributed by atoms with Gasteiger partial charge in [-0.2, -0.15) is 0 Å². The fourth-order valence-electron chi connectivity index (χ4n) is 1.93. The highest BCUT2D eigenvalue weighted by molar-refractivity contribution is 6.62. The molecule has 0 atom stereocenters. The number of aromatic nitrogens is 1. The highest BCUT2D eigenvalue weighted by atomic mass is 16.7. The lowest BCUT2D eigenvalue weighted by molar-refractivity contribution is 0.00578. The van der Waals surface area contributed by atoms with Crippen LogP contribution in [0.4, 0.5) is 5.82 Å². The van der Waals surface area contributed by atoms with Gasteiger partial charge in [-0.25, -0.2) is 4.98 Å². The summed E-state index contributed by atoms with van der Waals surface area (Å²) >= 11 is 0. The predicted molar refractivity (Wildman–Crippen MR) is 77.4 cm³/mol. The average Bonchev–Trinajstić information content (AvgIpc) is 2.57. The lowest BCUT2D eigenvalue weighted by atomic mass is 9.79. The minimum Gasteiger partial charge on any atom is -0.399 e. The molecule has 1 fully saturated rings. The maximum atomic E-state index is 7.42. The van der Waals surface area contributed by atoms with Crippen molar-refractivity contribution >= 4 is 24.6 Å². The topological polar surface area (TPSA) is 67.2 Å². The van der Waals surface area contributed by atoms with E-state index in [4.69, 9.17) is 14.7 Å². The molecule has 0 aliphatic carbocycles. The van der Waals surface area contributed by atoms with Crippen LogP contribution in [0, 0.1) is 5.41 Å². The van der Waals surface area contributed by atoms with Gasteiger partial charge in [0.1, 0.15) is 5.82 Å². The Hall–Kier alpha value is -1.40. The first-order chi connectivity index (χ1) is 8.80. The maximum absolute atomic E-state index is 7.42. The molecule has 6 heteroatoms. The fraction of sp³-hybridized carbons (Fsp3) is 0.538. The molecule has 1 saturated heterocycles. The lowest BCUT2D eigenvalue weighted by Crippen LogP contribution is -2.41. The van der Waals surface area contributed by atoms with Gasteiger partial charge in [0.25, 0.3) is 0 Å².